The highest BCUT2D eigenvalue weighted by molar-refractivity contribution is 5.28. The minimum Gasteiger partial charge on any atom is -0.505 e. The normalized spacial score (nSPS) is 16.4. The zero-order valence-corrected chi connectivity index (χ0v) is 9.76. The highest BCUT2D eigenvalue weighted by atomic mass is 19.1. The lowest BCUT2D eigenvalue weighted by molar-refractivity contribution is 0.339. The Morgan fingerprint density at radius 2 is 2.12 bits per heavy atom. The molecule has 1 fully saturated rings. The molecule has 0 aromatic heterocycles. The van der Waals surface area contributed by atoms with Crippen molar-refractivity contribution in [1.82, 2.24) is 5.32 Å². The molecule has 2 N–H and O–H groups in total. The van der Waals surface area contributed by atoms with Gasteiger partial charge in [-0.1, -0.05) is 6.07 Å². The molecule has 1 saturated carbocycles. The van der Waals surface area contributed by atoms with Crippen molar-refractivity contribution in [3.05, 3.63) is 29.6 Å². The highest BCUT2D eigenvalue weighted by Crippen LogP contribution is 2.39. The van der Waals surface area contributed by atoms with E-state index in [9.17, 15) is 4.39 Å². The van der Waals surface area contributed by atoms with Crippen LogP contribution in [0.4, 0.5) is 4.39 Å². The first-order chi connectivity index (χ1) is 7.49. The van der Waals surface area contributed by atoms with Gasteiger partial charge in [0.15, 0.2) is 11.6 Å². The van der Waals surface area contributed by atoms with Gasteiger partial charge in [0.25, 0.3) is 0 Å². The minimum absolute atomic E-state index is 0.119. The van der Waals surface area contributed by atoms with Crippen LogP contribution in [0.1, 0.15) is 32.3 Å². The Hall–Kier alpha value is -1.09. The Bertz CT molecular complexity index is 386. The quantitative estimate of drug-likeness (QED) is 0.822. The lowest BCUT2D eigenvalue weighted by atomic mass is 9.98. The maximum absolute atomic E-state index is 13.1. The van der Waals surface area contributed by atoms with E-state index in [-0.39, 0.29) is 11.3 Å². The fraction of sp³-hybridized carbons (Fsp3) is 0.538. The number of aromatic hydroxyl groups is 1. The third-order valence-corrected chi connectivity index (χ3v) is 3.36. The van der Waals surface area contributed by atoms with E-state index < -0.39 is 5.82 Å². The van der Waals surface area contributed by atoms with Crippen molar-refractivity contribution in [3.8, 4) is 5.75 Å². The molecule has 2 nitrogen and oxygen atoms in total. The molecule has 0 bridgehead atoms. The lowest BCUT2D eigenvalue weighted by Crippen LogP contribution is -2.40. The molecule has 1 aliphatic carbocycles. The van der Waals surface area contributed by atoms with Crippen LogP contribution in [0, 0.1) is 11.7 Å². The summed E-state index contributed by atoms with van der Waals surface area (Å²) < 4.78 is 13.1. The van der Waals surface area contributed by atoms with Gasteiger partial charge in [-0.3, -0.25) is 0 Å². The largest absolute Gasteiger partial charge is 0.505 e. The summed E-state index contributed by atoms with van der Waals surface area (Å²) in [7, 11) is 0. The van der Waals surface area contributed by atoms with Crippen LogP contribution in [-0.4, -0.2) is 10.6 Å². The van der Waals surface area contributed by atoms with E-state index in [1.165, 1.54) is 25.0 Å². The van der Waals surface area contributed by atoms with Crippen LogP contribution in [0.25, 0.3) is 0 Å². The number of phenolic OH excluding ortho intramolecular Hbond substituents is 1. The number of hydrogen-bond donors (Lipinski definition) is 2. The van der Waals surface area contributed by atoms with Crippen LogP contribution >= 0.6 is 0 Å². The van der Waals surface area contributed by atoms with Crippen molar-refractivity contribution in [3.63, 3.8) is 0 Å². The number of phenols is 1. The van der Waals surface area contributed by atoms with Crippen LogP contribution in [0.15, 0.2) is 18.2 Å². The van der Waals surface area contributed by atoms with E-state index in [4.69, 9.17) is 5.11 Å². The molecule has 1 aromatic carbocycles. The molecule has 16 heavy (non-hydrogen) atoms. The SMILES string of the molecule is CC(C)(NCc1ccc(O)c(F)c1)C1CC1. The molecule has 0 spiro atoms. The van der Waals surface area contributed by atoms with Gasteiger partial charge < -0.3 is 10.4 Å². The number of benzene rings is 1. The smallest absolute Gasteiger partial charge is 0.165 e. The number of rotatable bonds is 4. The molecule has 1 aromatic rings. The number of halogens is 1. The molecule has 2 rings (SSSR count). The topological polar surface area (TPSA) is 32.3 Å². The van der Waals surface area contributed by atoms with Gasteiger partial charge in [0.2, 0.25) is 0 Å². The van der Waals surface area contributed by atoms with Gasteiger partial charge in [-0.2, -0.15) is 0 Å². The van der Waals surface area contributed by atoms with Gasteiger partial charge >= 0.3 is 0 Å². The highest BCUT2D eigenvalue weighted by Gasteiger charge is 2.37. The van der Waals surface area contributed by atoms with Gasteiger partial charge in [0, 0.05) is 12.1 Å². The monoisotopic (exact) mass is 223 g/mol. The summed E-state index contributed by atoms with van der Waals surface area (Å²) >= 11 is 0. The Morgan fingerprint density at radius 3 is 2.69 bits per heavy atom. The maximum atomic E-state index is 13.1. The standard InChI is InChI=1S/C13H18FNO/c1-13(2,10-4-5-10)15-8-9-3-6-12(16)11(14)7-9/h3,6-7,10,15-16H,4-5,8H2,1-2H3. The average molecular weight is 223 g/mol. The molecule has 0 saturated heterocycles. The molecule has 0 amide bonds. The Balaban J connectivity index is 1.96. The zero-order valence-electron chi connectivity index (χ0n) is 9.76. The van der Waals surface area contributed by atoms with Crippen molar-refractivity contribution in [2.24, 2.45) is 5.92 Å². The summed E-state index contributed by atoms with van der Waals surface area (Å²) in [6.45, 7) is 5.00. The average Bonchev–Trinajstić information content (AvgIpc) is 3.03. The molecular formula is C13H18FNO. The first-order valence-electron chi connectivity index (χ1n) is 5.71. The van der Waals surface area contributed by atoms with Crippen LogP contribution < -0.4 is 5.32 Å². The van der Waals surface area contributed by atoms with E-state index in [1.807, 2.05) is 0 Å². The zero-order chi connectivity index (χ0) is 11.8. The van der Waals surface area contributed by atoms with Gasteiger partial charge in [0.05, 0.1) is 0 Å². The minimum atomic E-state index is -0.552. The van der Waals surface area contributed by atoms with Crippen molar-refractivity contribution >= 4 is 0 Å². The Morgan fingerprint density at radius 1 is 1.44 bits per heavy atom. The van der Waals surface area contributed by atoms with E-state index in [0.29, 0.717) is 6.54 Å². The second kappa shape index (κ2) is 4.06. The number of hydrogen-bond acceptors (Lipinski definition) is 2. The second-order valence-corrected chi connectivity index (χ2v) is 5.14. The number of nitrogens with one attached hydrogen (secondary N) is 1. The summed E-state index contributed by atoms with van der Waals surface area (Å²) in [5.41, 5.74) is 0.984. The van der Waals surface area contributed by atoms with Crippen molar-refractivity contribution in [2.45, 2.75) is 38.8 Å². The molecule has 0 atom stereocenters. The molecule has 3 heteroatoms. The van der Waals surface area contributed by atoms with Gasteiger partial charge in [-0.05, 0) is 50.3 Å². The van der Waals surface area contributed by atoms with Crippen molar-refractivity contribution < 1.29 is 9.50 Å². The van der Waals surface area contributed by atoms with Gasteiger partial charge in [-0.15, -0.1) is 0 Å². The summed E-state index contributed by atoms with van der Waals surface area (Å²) in [6.07, 6.45) is 2.56. The lowest BCUT2D eigenvalue weighted by Gasteiger charge is -2.26. The molecular weight excluding hydrogens is 205 g/mol. The molecule has 1 aliphatic rings. The van der Waals surface area contributed by atoms with E-state index in [0.717, 1.165) is 11.5 Å². The molecule has 0 heterocycles. The summed E-state index contributed by atoms with van der Waals surface area (Å²) in [4.78, 5) is 0. The molecule has 88 valence electrons. The van der Waals surface area contributed by atoms with Crippen LogP contribution in [-0.2, 0) is 6.54 Å². The Labute approximate surface area is 95.5 Å². The predicted molar refractivity (Wildman–Crippen MR) is 61.7 cm³/mol. The third kappa shape index (κ3) is 2.53. The predicted octanol–water partition coefficient (Wildman–Crippen LogP) is 2.81. The van der Waals surface area contributed by atoms with E-state index >= 15 is 0 Å². The second-order valence-electron chi connectivity index (χ2n) is 5.14. The first kappa shape index (κ1) is 11.4. The Kier molecular flexibility index (Phi) is 2.89. The molecule has 0 radical (unpaired) electrons. The third-order valence-electron chi connectivity index (χ3n) is 3.36. The summed E-state index contributed by atoms with van der Waals surface area (Å²) in [6, 6.07) is 4.52. The maximum Gasteiger partial charge on any atom is 0.165 e. The van der Waals surface area contributed by atoms with Crippen LogP contribution in [0.3, 0.4) is 0 Å². The summed E-state index contributed by atoms with van der Waals surface area (Å²) in [5.74, 6) is -0.0943. The van der Waals surface area contributed by atoms with Gasteiger partial charge in [0.1, 0.15) is 0 Å². The summed E-state index contributed by atoms with van der Waals surface area (Å²) in [5, 5.41) is 12.5. The fourth-order valence-electron chi connectivity index (χ4n) is 1.94. The van der Waals surface area contributed by atoms with Gasteiger partial charge in [-0.25, -0.2) is 4.39 Å². The van der Waals surface area contributed by atoms with Crippen molar-refractivity contribution in [2.75, 3.05) is 0 Å². The van der Waals surface area contributed by atoms with E-state index in [2.05, 4.69) is 19.2 Å². The first-order valence-corrected chi connectivity index (χ1v) is 5.71. The molecule has 0 unspecified atom stereocenters. The van der Waals surface area contributed by atoms with E-state index in [1.54, 1.807) is 6.07 Å². The molecule has 0 aliphatic heterocycles. The van der Waals surface area contributed by atoms with Crippen LogP contribution in [0.2, 0.25) is 0 Å². The fourth-order valence-corrected chi connectivity index (χ4v) is 1.94. The van der Waals surface area contributed by atoms with Crippen molar-refractivity contribution in [1.29, 1.82) is 0 Å². The van der Waals surface area contributed by atoms with Crippen LogP contribution in [0.5, 0.6) is 5.75 Å².